The Hall–Kier alpha value is -4.04. The van der Waals surface area contributed by atoms with E-state index in [1.165, 1.54) is 38.6 Å². The molecule has 5 aromatic rings. The van der Waals surface area contributed by atoms with Crippen LogP contribution in [0.15, 0.2) is 97.1 Å². The van der Waals surface area contributed by atoms with Crippen LogP contribution in [-0.2, 0) is 5.41 Å². The summed E-state index contributed by atoms with van der Waals surface area (Å²) in [5.41, 5.74) is 9.91. The summed E-state index contributed by atoms with van der Waals surface area (Å²) in [6, 6.07) is 34.6. The summed E-state index contributed by atoms with van der Waals surface area (Å²) in [5.74, 6) is 1.81. The van der Waals surface area contributed by atoms with Crippen molar-refractivity contribution in [2.75, 3.05) is 5.32 Å². The molecule has 5 aromatic carbocycles. The standard InChI is InChI=1S/C31H23NO/c1-31(2)26-11-4-3-9-22(26)23-15-13-20(17-27(23)31)32-21-14-16-24-25-10-5-7-19-8-6-12-28(30(19)25)33-29(24)18-21/h3-18,32H,1-2H3. The fraction of sp³-hybridized carbons (Fsp3) is 0.0968. The molecular formula is C31H23NO. The number of rotatable bonds is 2. The Labute approximate surface area is 193 Å². The molecule has 0 amide bonds. The summed E-state index contributed by atoms with van der Waals surface area (Å²) < 4.78 is 6.34. The minimum absolute atomic E-state index is 0.00896. The third-order valence-electron chi connectivity index (χ3n) is 7.23. The van der Waals surface area contributed by atoms with Crippen molar-refractivity contribution in [2.45, 2.75) is 19.3 Å². The van der Waals surface area contributed by atoms with E-state index >= 15 is 0 Å². The van der Waals surface area contributed by atoms with Crippen LogP contribution in [0.4, 0.5) is 11.4 Å². The fourth-order valence-electron chi connectivity index (χ4n) is 5.59. The van der Waals surface area contributed by atoms with Crippen LogP contribution in [0, 0.1) is 0 Å². The summed E-state index contributed by atoms with van der Waals surface area (Å²) in [4.78, 5) is 0. The van der Waals surface area contributed by atoms with Crippen LogP contribution in [0.25, 0.3) is 33.0 Å². The molecule has 2 heteroatoms. The molecule has 7 rings (SSSR count). The van der Waals surface area contributed by atoms with Crippen molar-refractivity contribution in [1.82, 2.24) is 0 Å². The quantitative estimate of drug-likeness (QED) is 0.300. The summed E-state index contributed by atoms with van der Waals surface area (Å²) in [7, 11) is 0. The minimum Gasteiger partial charge on any atom is -0.456 e. The molecular weight excluding hydrogens is 402 g/mol. The highest BCUT2D eigenvalue weighted by Gasteiger charge is 2.35. The molecule has 0 atom stereocenters. The maximum absolute atomic E-state index is 6.34. The molecule has 0 bridgehead atoms. The van der Waals surface area contributed by atoms with Crippen LogP contribution in [-0.4, -0.2) is 0 Å². The topological polar surface area (TPSA) is 21.3 Å². The van der Waals surface area contributed by atoms with Gasteiger partial charge in [-0.3, -0.25) is 0 Å². The molecule has 0 radical (unpaired) electrons. The first-order valence-electron chi connectivity index (χ1n) is 11.4. The van der Waals surface area contributed by atoms with Crippen LogP contribution < -0.4 is 10.1 Å². The average Bonchev–Trinajstić information content (AvgIpc) is 3.06. The van der Waals surface area contributed by atoms with E-state index in [9.17, 15) is 0 Å². The van der Waals surface area contributed by atoms with Gasteiger partial charge in [0.25, 0.3) is 0 Å². The summed E-state index contributed by atoms with van der Waals surface area (Å²) in [5, 5.41) is 6.01. The smallest absolute Gasteiger partial charge is 0.137 e. The molecule has 2 nitrogen and oxygen atoms in total. The van der Waals surface area contributed by atoms with Crippen LogP contribution in [0.2, 0.25) is 0 Å². The molecule has 158 valence electrons. The minimum atomic E-state index is -0.00896. The van der Waals surface area contributed by atoms with E-state index in [2.05, 4.69) is 116 Å². The third kappa shape index (κ3) is 2.61. The molecule has 0 aromatic heterocycles. The van der Waals surface area contributed by atoms with Crippen molar-refractivity contribution in [3.05, 3.63) is 108 Å². The molecule has 0 unspecified atom stereocenters. The van der Waals surface area contributed by atoms with Gasteiger partial charge in [0, 0.05) is 33.8 Å². The molecule has 0 fully saturated rings. The van der Waals surface area contributed by atoms with E-state index in [0.717, 1.165) is 28.4 Å². The van der Waals surface area contributed by atoms with Gasteiger partial charge in [0.15, 0.2) is 0 Å². The molecule has 0 spiro atoms. The van der Waals surface area contributed by atoms with Crippen LogP contribution in [0.1, 0.15) is 25.0 Å². The lowest BCUT2D eigenvalue weighted by molar-refractivity contribution is 0.487. The number of hydrogen-bond acceptors (Lipinski definition) is 2. The molecule has 2 aliphatic rings. The van der Waals surface area contributed by atoms with Gasteiger partial charge in [0.05, 0.1) is 0 Å². The molecule has 1 aliphatic carbocycles. The average molecular weight is 426 g/mol. The fourth-order valence-corrected chi connectivity index (χ4v) is 5.59. The Morgan fingerprint density at radius 3 is 2.15 bits per heavy atom. The lowest BCUT2D eigenvalue weighted by Gasteiger charge is -2.23. The highest BCUT2D eigenvalue weighted by Crippen LogP contribution is 2.50. The number of benzene rings is 5. The van der Waals surface area contributed by atoms with Crippen LogP contribution in [0.5, 0.6) is 11.5 Å². The first-order chi connectivity index (χ1) is 16.1. The highest BCUT2D eigenvalue weighted by atomic mass is 16.5. The van der Waals surface area contributed by atoms with Gasteiger partial charge in [0.1, 0.15) is 11.5 Å². The van der Waals surface area contributed by atoms with E-state index < -0.39 is 0 Å². The van der Waals surface area contributed by atoms with Crippen LogP contribution in [0.3, 0.4) is 0 Å². The molecule has 0 saturated heterocycles. The Bertz CT molecular complexity index is 1590. The molecule has 1 aliphatic heterocycles. The second kappa shape index (κ2) is 6.49. The van der Waals surface area contributed by atoms with Gasteiger partial charge < -0.3 is 10.1 Å². The molecule has 33 heavy (non-hydrogen) atoms. The zero-order valence-electron chi connectivity index (χ0n) is 18.6. The second-order valence-electron chi connectivity index (χ2n) is 9.53. The number of nitrogens with one attached hydrogen (secondary N) is 1. The summed E-state index contributed by atoms with van der Waals surface area (Å²) >= 11 is 0. The summed E-state index contributed by atoms with van der Waals surface area (Å²) in [6.45, 7) is 4.62. The Morgan fingerprint density at radius 2 is 1.27 bits per heavy atom. The molecule has 1 N–H and O–H groups in total. The van der Waals surface area contributed by atoms with Crippen molar-refractivity contribution in [3.63, 3.8) is 0 Å². The SMILES string of the molecule is CC1(C)c2ccccc2-c2ccc(Nc3ccc4c(c3)Oc3cccc5cccc-4c35)cc21. The van der Waals surface area contributed by atoms with E-state index in [-0.39, 0.29) is 5.41 Å². The predicted molar refractivity (Wildman–Crippen MR) is 137 cm³/mol. The number of anilines is 2. The number of ether oxygens (including phenoxy) is 1. The Morgan fingerprint density at radius 1 is 0.576 bits per heavy atom. The van der Waals surface area contributed by atoms with Gasteiger partial charge in [0.2, 0.25) is 0 Å². The van der Waals surface area contributed by atoms with Gasteiger partial charge >= 0.3 is 0 Å². The highest BCUT2D eigenvalue weighted by molar-refractivity contribution is 6.04. The monoisotopic (exact) mass is 425 g/mol. The van der Waals surface area contributed by atoms with E-state index in [1.54, 1.807) is 0 Å². The van der Waals surface area contributed by atoms with Gasteiger partial charge in [-0.25, -0.2) is 0 Å². The van der Waals surface area contributed by atoms with E-state index in [1.807, 2.05) is 0 Å². The number of fused-ring (bicyclic) bond motifs is 5. The predicted octanol–water partition coefficient (Wildman–Crippen LogP) is 8.66. The lowest BCUT2D eigenvalue weighted by atomic mass is 9.82. The normalized spacial score (nSPS) is 14.2. The Balaban J connectivity index is 1.27. The third-order valence-corrected chi connectivity index (χ3v) is 7.23. The van der Waals surface area contributed by atoms with Gasteiger partial charge in [-0.1, -0.05) is 74.5 Å². The zero-order valence-corrected chi connectivity index (χ0v) is 18.6. The van der Waals surface area contributed by atoms with Crippen molar-refractivity contribution in [2.24, 2.45) is 0 Å². The zero-order chi connectivity index (χ0) is 22.2. The first-order valence-corrected chi connectivity index (χ1v) is 11.4. The summed E-state index contributed by atoms with van der Waals surface area (Å²) in [6.07, 6.45) is 0. The van der Waals surface area contributed by atoms with Crippen molar-refractivity contribution in [3.8, 4) is 33.8 Å². The maximum Gasteiger partial charge on any atom is 0.137 e. The molecule has 1 heterocycles. The van der Waals surface area contributed by atoms with Crippen molar-refractivity contribution >= 4 is 22.1 Å². The largest absolute Gasteiger partial charge is 0.456 e. The second-order valence-corrected chi connectivity index (χ2v) is 9.53. The molecule has 0 saturated carbocycles. The first kappa shape index (κ1) is 18.5. The van der Waals surface area contributed by atoms with E-state index in [4.69, 9.17) is 4.74 Å². The van der Waals surface area contributed by atoms with Crippen molar-refractivity contribution < 1.29 is 4.74 Å². The van der Waals surface area contributed by atoms with Gasteiger partial charge in [-0.2, -0.15) is 0 Å². The lowest BCUT2D eigenvalue weighted by Crippen LogP contribution is -2.15. The van der Waals surface area contributed by atoms with E-state index in [0.29, 0.717) is 0 Å². The van der Waals surface area contributed by atoms with Gasteiger partial charge in [-0.05, 0) is 63.5 Å². The maximum atomic E-state index is 6.34. The van der Waals surface area contributed by atoms with Crippen molar-refractivity contribution in [1.29, 1.82) is 0 Å². The van der Waals surface area contributed by atoms with Crippen LogP contribution >= 0.6 is 0 Å². The number of hydrogen-bond donors (Lipinski definition) is 1. The Kier molecular flexibility index (Phi) is 3.64. The van der Waals surface area contributed by atoms with Gasteiger partial charge in [-0.15, -0.1) is 0 Å².